The van der Waals surface area contributed by atoms with Gasteiger partial charge in [-0.1, -0.05) is 18.2 Å². The van der Waals surface area contributed by atoms with Crippen LogP contribution in [0.2, 0.25) is 0 Å². The fraction of sp³-hybridized carbons (Fsp3) is 0.222. The van der Waals surface area contributed by atoms with Gasteiger partial charge >= 0.3 is 6.18 Å². The Labute approximate surface area is 69.0 Å². The van der Waals surface area contributed by atoms with Crippen LogP contribution in [0.25, 0.3) is 0 Å². The van der Waals surface area contributed by atoms with Crippen molar-refractivity contribution in [3.63, 3.8) is 0 Å². The van der Waals surface area contributed by atoms with E-state index in [1.54, 1.807) is 6.07 Å². The van der Waals surface area contributed by atoms with Crippen LogP contribution in [0.4, 0.5) is 13.2 Å². The Morgan fingerprint density at radius 3 is 2.42 bits per heavy atom. The lowest BCUT2D eigenvalue weighted by atomic mass is 10.1. The summed E-state index contributed by atoms with van der Waals surface area (Å²) in [5, 5.41) is 0. The predicted molar refractivity (Wildman–Crippen MR) is 40.5 cm³/mol. The van der Waals surface area contributed by atoms with E-state index in [4.69, 9.17) is 0 Å². The van der Waals surface area contributed by atoms with E-state index in [0.29, 0.717) is 12.0 Å². The van der Waals surface area contributed by atoms with Crippen LogP contribution >= 0.6 is 0 Å². The molecule has 0 heterocycles. The molecule has 0 saturated heterocycles. The second-order valence-electron chi connectivity index (χ2n) is 2.45. The van der Waals surface area contributed by atoms with Crippen molar-refractivity contribution in [2.75, 3.05) is 0 Å². The van der Waals surface area contributed by atoms with E-state index in [0.717, 1.165) is 12.1 Å². The van der Waals surface area contributed by atoms with E-state index in [2.05, 4.69) is 6.92 Å². The van der Waals surface area contributed by atoms with Gasteiger partial charge in [-0.05, 0) is 25.0 Å². The summed E-state index contributed by atoms with van der Waals surface area (Å²) in [6.07, 6.45) is -3.87. The Balaban J connectivity index is 3.02. The van der Waals surface area contributed by atoms with Crippen LogP contribution in [0.15, 0.2) is 24.3 Å². The Morgan fingerprint density at radius 2 is 1.92 bits per heavy atom. The fourth-order valence-electron chi connectivity index (χ4n) is 0.903. The Morgan fingerprint density at radius 1 is 1.25 bits per heavy atom. The average Bonchev–Trinajstić information content (AvgIpc) is 2.03. The van der Waals surface area contributed by atoms with Gasteiger partial charge in [-0.2, -0.15) is 13.2 Å². The molecule has 12 heavy (non-hydrogen) atoms. The number of hydrogen-bond acceptors (Lipinski definition) is 0. The summed E-state index contributed by atoms with van der Waals surface area (Å²) in [5.41, 5.74) is -0.00604. The number of hydrogen-bond donors (Lipinski definition) is 0. The summed E-state index contributed by atoms with van der Waals surface area (Å²) in [4.78, 5) is 0. The molecule has 1 rings (SSSR count). The van der Waals surface area contributed by atoms with E-state index in [1.807, 2.05) is 0 Å². The fourth-order valence-corrected chi connectivity index (χ4v) is 0.903. The molecule has 0 nitrogen and oxygen atoms in total. The molecular formula is C9H8F3. The van der Waals surface area contributed by atoms with Crippen LogP contribution in [0.1, 0.15) is 11.1 Å². The van der Waals surface area contributed by atoms with Gasteiger partial charge in [0, 0.05) is 0 Å². The van der Waals surface area contributed by atoms with Crippen molar-refractivity contribution in [1.82, 2.24) is 0 Å². The van der Waals surface area contributed by atoms with Crippen LogP contribution in [0.3, 0.4) is 0 Å². The highest BCUT2D eigenvalue weighted by molar-refractivity contribution is 5.25. The maximum absolute atomic E-state index is 12.1. The lowest BCUT2D eigenvalue weighted by Crippen LogP contribution is -2.04. The van der Waals surface area contributed by atoms with Crippen LogP contribution in [-0.2, 0) is 12.6 Å². The Bertz CT molecular complexity index is 263. The van der Waals surface area contributed by atoms with Gasteiger partial charge < -0.3 is 0 Å². The lowest BCUT2D eigenvalue weighted by molar-refractivity contribution is -0.137. The molecule has 0 aliphatic carbocycles. The standard InChI is InChI=1S/C9H8F3/c1-2-7-4-3-5-8(6-7)9(10,11)12/h3-6H,1-2H2. The number of halogens is 3. The van der Waals surface area contributed by atoms with E-state index in [-0.39, 0.29) is 0 Å². The molecular weight excluding hydrogens is 165 g/mol. The van der Waals surface area contributed by atoms with Crippen LogP contribution in [-0.4, -0.2) is 0 Å². The van der Waals surface area contributed by atoms with Gasteiger partial charge in [0.15, 0.2) is 0 Å². The molecule has 0 aliphatic heterocycles. The first-order valence-corrected chi connectivity index (χ1v) is 3.49. The van der Waals surface area contributed by atoms with Gasteiger partial charge in [-0.3, -0.25) is 0 Å². The van der Waals surface area contributed by atoms with E-state index < -0.39 is 11.7 Å². The summed E-state index contributed by atoms with van der Waals surface area (Å²) in [7, 11) is 0. The van der Waals surface area contributed by atoms with Crippen molar-refractivity contribution in [3.8, 4) is 0 Å². The van der Waals surface area contributed by atoms with Crippen molar-refractivity contribution in [2.24, 2.45) is 0 Å². The second-order valence-corrected chi connectivity index (χ2v) is 2.45. The monoisotopic (exact) mass is 173 g/mol. The zero-order valence-corrected chi connectivity index (χ0v) is 6.36. The highest BCUT2D eigenvalue weighted by Gasteiger charge is 2.30. The largest absolute Gasteiger partial charge is 0.416 e. The minimum atomic E-state index is -4.24. The molecule has 3 heteroatoms. The first kappa shape index (κ1) is 9.10. The molecule has 0 unspecified atom stereocenters. The maximum Gasteiger partial charge on any atom is 0.416 e. The molecule has 1 aromatic rings. The number of rotatable bonds is 1. The Hall–Kier alpha value is -0.990. The van der Waals surface area contributed by atoms with Gasteiger partial charge in [-0.25, -0.2) is 0 Å². The van der Waals surface area contributed by atoms with Crippen molar-refractivity contribution in [1.29, 1.82) is 0 Å². The van der Waals surface area contributed by atoms with Gasteiger partial charge in [0.2, 0.25) is 0 Å². The number of benzene rings is 1. The second kappa shape index (κ2) is 3.17. The van der Waals surface area contributed by atoms with Crippen LogP contribution < -0.4 is 0 Å². The van der Waals surface area contributed by atoms with Crippen molar-refractivity contribution < 1.29 is 13.2 Å². The molecule has 0 bridgehead atoms. The van der Waals surface area contributed by atoms with Crippen molar-refractivity contribution >= 4 is 0 Å². The normalized spacial score (nSPS) is 11.7. The first-order valence-electron chi connectivity index (χ1n) is 3.49. The van der Waals surface area contributed by atoms with E-state index in [9.17, 15) is 13.2 Å². The summed E-state index contributed by atoms with van der Waals surface area (Å²) >= 11 is 0. The topological polar surface area (TPSA) is 0 Å². The molecule has 0 spiro atoms. The highest BCUT2D eigenvalue weighted by atomic mass is 19.4. The van der Waals surface area contributed by atoms with Gasteiger partial charge in [0.05, 0.1) is 5.56 Å². The number of alkyl halides is 3. The molecule has 1 aromatic carbocycles. The first-order chi connectivity index (χ1) is 5.54. The summed E-state index contributed by atoms with van der Waals surface area (Å²) in [6.45, 7) is 3.51. The minimum Gasteiger partial charge on any atom is -0.166 e. The van der Waals surface area contributed by atoms with Crippen molar-refractivity contribution in [2.45, 2.75) is 12.6 Å². The van der Waals surface area contributed by atoms with Crippen molar-refractivity contribution in [3.05, 3.63) is 42.3 Å². The third-order valence-electron chi connectivity index (χ3n) is 1.54. The zero-order valence-electron chi connectivity index (χ0n) is 6.36. The maximum atomic E-state index is 12.1. The van der Waals surface area contributed by atoms with E-state index in [1.165, 1.54) is 6.07 Å². The molecule has 0 aliphatic rings. The van der Waals surface area contributed by atoms with Gasteiger partial charge in [0.25, 0.3) is 0 Å². The molecule has 0 atom stereocenters. The third-order valence-corrected chi connectivity index (χ3v) is 1.54. The van der Waals surface area contributed by atoms with E-state index >= 15 is 0 Å². The highest BCUT2D eigenvalue weighted by Crippen LogP contribution is 2.29. The molecule has 0 aromatic heterocycles. The summed E-state index contributed by atoms with van der Waals surface area (Å²) in [5.74, 6) is 0. The molecule has 0 fully saturated rings. The summed E-state index contributed by atoms with van der Waals surface area (Å²) in [6, 6.07) is 5.19. The molecule has 0 saturated carbocycles. The van der Waals surface area contributed by atoms with Gasteiger partial charge in [-0.15, -0.1) is 0 Å². The molecule has 1 radical (unpaired) electrons. The molecule has 0 N–H and O–H groups in total. The van der Waals surface area contributed by atoms with Crippen LogP contribution in [0, 0.1) is 6.92 Å². The Kier molecular flexibility index (Phi) is 2.40. The summed E-state index contributed by atoms with van der Waals surface area (Å²) < 4.78 is 36.3. The smallest absolute Gasteiger partial charge is 0.166 e. The minimum absolute atomic E-state index is 0.379. The predicted octanol–water partition coefficient (Wildman–Crippen LogP) is 3.08. The third kappa shape index (κ3) is 2.00. The average molecular weight is 173 g/mol. The van der Waals surface area contributed by atoms with Crippen LogP contribution in [0.5, 0.6) is 0 Å². The zero-order chi connectivity index (χ0) is 9.19. The SMILES string of the molecule is [CH2]Cc1cccc(C(F)(F)F)c1. The molecule has 0 amide bonds. The quantitative estimate of drug-likeness (QED) is 0.612. The lowest BCUT2D eigenvalue weighted by Gasteiger charge is -2.06. The molecule has 65 valence electrons. The van der Waals surface area contributed by atoms with Gasteiger partial charge in [0.1, 0.15) is 0 Å².